The van der Waals surface area contributed by atoms with Gasteiger partial charge in [0.1, 0.15) is 5.69 Å². The van der Waals surface area contributed by atoms with Gasteiger partial charge in [-0.1, -0.05) is 48.5 Å². The Morgan fingerprint density at radius 2 is 1.76 bits per heavy atom. The molecule has 4 aromatic rings. The molecule has 33 heavy (non-hydrogen) atoms. The third-order valence-corrected chi connectivity index (χ3v) is 5.95. The summed E-state index contributed by atoms with van der Waals surface area (Å²) in [6, 6.07) is 19.7. The third-order valence-electron chi connectivity index (χ3n) is 5.95. The highest BCUT2D eigenvalue weighted by Crippen LogP contribution is 2.23. The van der Waals surface area contributed by atoms with Crippen molar-refractivity contribution in [1.82, 2.24) is 20.0 Å². The van der Waals surface area contributed by atoms with Crippen LogP contribution in [0.4, 0.5) is 5.95 Å². The Hall–Kier alpha value is -4.00. The molecular weight excluding hydrogens is 412 g/mol. The van der Waals surface area contributed by atoms with E-state index in [1.807, 2.05) is 66.3 Å². The van der Waals surface area contributed by atoms with Crippen LogP contribution in [0.15, 0.2) is 72.0 Å². The average molecular weight is 439 g/mol. The number of aryl methyl sites for hydroxylation is 1. The molecule has 1 N–H and O–H groups in total. The molecule has 1 saturated heterocycles. The number of benzene rings is 2. The van der Waals surface area contributed by atoms with Gasteiger partial charge in [0.15, 0.2) is 0 Å². The highest BCUT2D eigenvalue weighted by molar-refractivity contribution is 6.00. The molecule has 0 spiro atoms. The zero-order valence-electron chi connectivity index (χ0n) is 18.6. The normalized spacial score (nSPS) is 14.2. The first-order valence-corrected chi connectivity index (χ1v) is 11.3. The van der Waals surface area contributed by atoms with E-state index in [1.54, 1.807) is 12.3 Å². The van der Waals surface area contributed by atoms with Crippen molar-refractivity contribution in [3.63, 3.8) is 0 Å². The molecule has 1 amide bonds. The predicted molar refractivity (Wildman–Crippen MR) is 132 cm³/mol. The SMILES string of the molecule is Cn1cc(/C=N/NC(=O)c2cc(-c3ccccc3)nc(N3CCCCC3)n2)c2ccccc21. The van der Waals surface area contributed by atoms with Gasteiger partial charge in [0.25, 0.3) is 5.91 Å². The van der Waals surface area contributed by atoms with Crippen LogP contribution in [0.1, 0.15) is 35.3 Å². The van der Waals surface area contributed by atoms with Crippen molar-refractivity contribution in [1.29, 1.82) is 0 Å². The van der Waals surface area contributed by atoms with Crippen LogP contribution in [0.3, 0.4) is 0 Å². The number of hydrogen-bond donors (Lipinski definition) is 1. The quantitative estimate of drug-likeness (QED) is 0.370. The summed E-state index contributed by atoms with van der Waals surface area (Å²) in [5.74, 6) is 0.239. The van der Waals surface area contributed by atoms with Crippen molar-refractivity contribution >= 4 is 29.0 Å². The van der Waals surface area contributed by atoms with Gasteiger partial charge in [-0.2, -0.15) is 5.10 Å². The monoisotopic (exact) mass is 438 g/mol. The van der Waals surface area contributed by atoms with Gasteiger partial charge in [-0.25, -0.2) is 15.4 Å². The number of hydrazone groups is 1. The molecule has 3 heterocycles. The van der Waals surface area contributed by atoms with Crippen LogP contribution in [0, 0.1) is 0 Å². The highest BCUT2D eigenvalue weighted by atomic mass is 16.2. The summed E-state index contributed by atoms with van der Waals surface area (Å²) in [7, 11) is 1.99. The minimum Gasteiger partial charge on any atom is -0.350 e. The number of nitrogens with zero attached hydrogens (tertiary/aromatic N) is 5. The number of anilines is 1. The van der Waals surface area contributed by atoms with Crippen molar-refractivity contribution in [2.45, 2.75) is 19.3 Å². The number of piperidine rings is 1. The molecule has 7 heteroatoms. The number of amides is 1. The largest absolute Gasteiger partial charge is 0.350 e. The molecule has 0 unspecified atom stereocenters. The zero-order valence-corrected chi connectivity index (χ0v) is 18.6. The van der Waals surface area contributed by atoms with Crippen LogP contribution in [-0.4, -0.2) is 39.7 Å². The first-order valence-electron chi connectivity index (χ1n) is 11.3. The van der Waals surface area contributed by atoms with Gasteiger partial charge >= 0.3 is 0 Å². The van der Waals surface area contributed by atoms with Gasteiger partial charge in [0, 0.05) is 48.4 Å². The molecule has 5 rings (SSSR count). The Labute approximate surface area is 192 Å². The Balaban J connectivity index is 1.42. The maximum atomic E-state index is 13.0. The van der Waals surface area contributed by atoms with Crippen LogP contribution >= 0.6 is 0 Å². The minimum atomic E-state index is -0.357. The maximum absolute atomic E-state index is 13.0. The molecule has 0 aliphatic carbocycles. The lowest BCUT2D eigenvalue weighted by Crippen LogP contribution is -2.32. The number of carbonyl (C=O) groups excluding carboxylic acids is 1. The number of hydrogen-bond acceptors (Lipinski definition) is 5. The average Bonchev–Trinajstić information content (AvgIpc) is 3.20. The Morgan fingerprint density at radius 3 is 2.58 bits per heavy atom. The summed E-state index contributed by atoms with van der Waals surface area (Å²) in [5.41, 5.74) is 6.68. The van der Waals surface area contributed by atoms with Gasteiger partial charge < -0.3 is 9.47 Å². The molecule has 1 aliphatic rings. The fraction of sp³-hybridized carbons (Fsp3) is 0.231. The predicted octanol–water partition coefficient (Wildman–Crippen LogP) is 4.39. The van der Waals surface area contributed by atoms with Crippen LogP contribution in [0.5, 0.6) is 0 Å². The summed E-state index contributed by atoms with van der Waals surface area (Å²) in [4.78, 5) is 24.5. The van der Waals surface area contributed by atoms with E-state index in [9.17, 15) is 4.79 Å². The van der Waals surface area contributed by atoms with E-state index >= 15 is 0 Å². The fourth-order valence-corrected chi connectivity index (χ4v) is 4.24. The van der Waals surface area contributed by atoms with Crippen molar-refractivity contribution in [3.05, 3.63) is 78.1 Å². The molecule has 1 fully saturated rings. The van der Waals surface area contributed by atoms with E-state index < -0.39 is 0 Å². The summed E-state index contributed by atoms with van der Waals surface area (Å²) in [5, 5.41) is 5.30. The van der Waals surface area contributed by atoms with Crippen LogP contribution in [0.25, 0.3) is 22.2 Å². The number of para-hydroxylation sites is 1. The van der Waals surface area contributed by atoms with Gasteiger partial charge in [0.05, 0.1) is 11.9 Å². The number of rotatable bonds is 5. The second-order valence-electron chi connectivity index (χ2n) is 8.26. The van der Waals surface area contributed by atoms with Crippen LogP contribution in [-0.2, 0) is 7.05 Å². The van der Waals surface area contributed by atoms with Gasteiger partial charge in [-0.3, -0.25) is 4.79 Å². The lowest BCUT2D eigenvalue weighted by Gasteiger charge is -2.27. The Morgan fingerprint density at radius 1 is 1.00 bits per heavy atom. The Bertz CT molecular complexity index is 1310. The second-order valence-corrected chi connectivity index (χ2v) is 8.26. The molecule has 166 valence electrons. The van der Waals surface area contributed by atoms with E-state index in [1.165, 1.54) is 6.42 Å². The number of aromatic nitrogens is 3. The van der Waals surface area contributed by atoms with Gasteiger partial charge in [-0.15, -0.1) is 0 Å². The first-order chi connectivity index (χ1) is 16.2. The summed E-state index contributed by atoms with van der Waals surface area (Å²) < 4.78 is 2.04. The van der Waals surface area contributed by atoms with Crippen molar-refractivity contribution in [2.24, 2.45) is 12.1 Å². The molecule has 0 radical (unpaired) electrons. The number of fused-ring (bicyclic) bond motifs is 1. The second kappa shape index (κ2) is 9.24. The smallest absolute Gasteiger partial charge is 0.290 e. The Kier molecular flexibility index (Phi) is 5.85. The molecule has 0 atom stereocenters. The molecule has 1 aliphatic heterocycles. The van der Waals surface area contributed by atoms with E-state index in [-0.39, 0.29) is 5.91 Å². The number of nitrogens with one attached hydrogen (secondary N) is 1. The van der Waals surface area contributed by atoms with Gasteiger partial charge in [0.2, 0.25) is 5.95 Å². The molecule has 2 aromatic heterocycles. The fourth-order valence-electron chi connectivity index (χ4n) is 4.24. The molecular formula is C26H26N6O. The van der Waals surface area contributed by atoms with Crippen LogP contribution in [0.2, 0.25) is 0 Å². The topological polar surface area (TPSA) is 75.4 Å². The van der Waals surface area contributed by atoms with E-state index in [2.05, 4.69) is 26.5 Å². The molecule has 2 aromatic carbocycles. The molecule has 0 saturated carbocycles. The standard InChI is InChI=1S/C26H26N6O/c1-31-18-20(21-12-6-7-13-24(21)31)17-27-30-25(33)23-16-22(19-10-4-2-5-11-19)28-26(29-23)32-14-8-3-9-15-32/h2,4-7,10-13,16-18H,3,8-9,14-15H2,1H3,(H,30,33)/b27-17+. The molecule has 0 bridgehead atoms. The lowest BCUT2D eigenvalue weighted by atomic mass is 10.1. The zero-order chi connectivity index (χ0) is 22.6. The van der Waals surface area contributed by atoms with E-state index in [0.717, 1.165) is 53.7 Å². The van der Waals surface area contributed by atoms with Crippen molar-refractivity contribution in [3.8, 4) is 11.3 Å². The highest BCUT2D eigenvalue weighted by Gasteiger charge is 2.18. The first kappa shape index (κ1) is 20.9. The molecule has 7 nitrogen and oxygen atoms in total. The van der Waals surface area contributed by atoms with Crippen molar-refractivity contribution < 1.29 is 4.79 Å². The van der Waals surface area contributed by atoms with E-state index in [4.69, 9.17) is 4.98 Å². The van der Waals surface area contributed by atoms with Crippen molar-refractivity contribution in [2.75, 3.05) is 18.0 Å². The van der Waals surface area contributed by atoms with Crippen LogP contribution < -0.4 is 10.3 Å². The summed E-state index contributed by atoms with van der Waals surface area (Å²) >= 11 is 0. The number of carbonyl (C=O) groups is 1. The third kappa shape index (κ3) is 4.48. The van der Waals surface area contributed by atoms with Gasteiger partial charge in [-0.05, 0) is 31.4 Å². The van der Waals surface area contributed by atoms with E-state index in [0.29, 0.717) is 11.6 Å². The summed E-state index contributed by atoms with van der Waals surface area (Å²) in [6.07, 6.45) is 7.09. The maximum Gasteiger partial charge on any atom is 0.290 e. The minimum absolute atomic E-state index is 0.305. The lowest BCUT2D eigenvalue weighted by molar-refractivity contribution is 0.0950. The summed E-state index contributed by atoms with van der Waals surface area (Å²) in [6.45, 7) is 1.80.